The summed E-state index contributed by atoms with van der Waals surface area (Å²) in [6.45, 7) is 6.63. The zero-order valence-electron chi connectivity index (χ0n) is 13.6. The molecule has 2 N–H and O–H groups in total. The van der Waals surface area contributed by atoms with E-state index in [1.807, 2.05) is 26.8 Å². The number of carbonyl (C=O) groups is 1. The summed E-state index contributed by atoms with van der Waals surface area (Å²) in [4.78, 5) is 13.7. The number of nitrogens with zero attached hydrogens (tertiary/aromatic N) is 1. The van der Waals surface area contributed by atoms with Crippen molar-refractivity contribution in [3.05, 3.63) is 35.6 Å². The van der Waals surface area contributed by atoms with Crippen LogP contribution in [0.4, 0.5) is 9.18 Å². The highest BCUT2D eigenvalue weighted by Gasteiger charge is 2.34. The highest BCUT2D eigenvalue weighted by atomic mass is 19.1. The molecule has 0 aliphatic carbocycles. The Labute approximate surface area is 131 Å². The van der Waals surface area contributed by atoms with Gasteiger partial charge in [0, 0.05) is 18.6 Å². The average Bonchev–Trinajstić information content (AvgIpc) is 2.40. The molecule has 1 aliphatic rings. The molecule has 0 aromatic heterocycles. The Morgan fingerprint density at radius 1 is 1.32 bits per heavy atom. The summed E-state index contributed by atoms with van der Waals surface area (Å²) >= 11 is 0. The summed E-state index contributed by atoms with van der Waals surface area (Å²) in [7, 11) is 0. The van der Waals surface area contributed by atoms with Crippen molar-refractivity contribution in [2.75, 3.05) is 13.1 Å². The molecule has 1 aromatic carbocycles. The Kier molecular flexibility index (Phi) is 4.75. The van der Waals surface area contributed by atoms with Gasteiger partial charge in [-0.15, -0.1) is 0 Å². The third-order valence-corrected chi connectivity index (χ3v) is 3.91. The van der Waals surface area contributed by atoms with E-state index in [2.05, 4.69) is 0 Å². The SMILES string of the molecule is CC(C)(C)OC(=O)N1CCC(N)(Cc2ccccc2F)CC1. The van der Waals surface area contributed by atoms with Crippen molar-refractivity contribution < 1.29 is 13.9 Å². The Hall–Kier alpha value is -1.62. The topological polar surface area (TPSA) is 55.6 Å². The van der Waals surface area contributed by atoms with Crippen LogP contribution < -0.4 is 5.73 Å². The van der Waals surface area contributed by atoms with Crippen LogP contribution in [0.5, 0.6) is 0 Å². The number of amides is 1. The van der Waals surface area contributed by atoms with E-state index in [4.69, 9.17) is 10.5 Å². The molecule has 22 heavy (non-hydrogen) atoms. The Bertz CT molecular complexity index is 532. The molecule has 0 radical (unpaired) electrons. The summed E-state index contributed by atoms with van der Waals surface area (Å²) in [5, 5.41) is 0. The highest BCUT2D eigenvalue weighted by Crippen LogP contribution is 2.26. The lowest BCUT2D eigenvalue weighted by molar-refractivity contribution is 0.0168. The number of carbonyl (C=O) groups excluding carboxylic acids is 1. The fraction of sp³-hybridized carbons (Fsp3) is 0.588. The lowest BCUT2D eigenvalue weighted by Gasteiger charge is -2.39. The first kappa shape index (κ1) is 16.7. The number of likely N-dealkylation sites (tertiary alicyclic amines) is 1. The number of hydrogen-bond donors (Lipinski definition) is 1. The van der Waals surface area contributed by atoms with Gasteiger partial charge in [-0.25, -0.2) is 9.18 Å². The van der Waals surface area contributed by atoms with E-state index in [1.165, 1.54) is 6.07 Å². The van der Waals surface area contributed by atoms with Crippen molar-refractivity contribution >= 4 is 6.09 Å². The summed E-state index contributed by atoms with van der Waals surface area (Å²) in [6.07, 6.45) is 1.46. The fourth-order valence-electron chi connectivity index (χ4n) is 2.66. The van der Waals surface area contributed by atoms with Crippen molar-refractivity contribution in [3.63, 3.8) is 0 Å². The zero-order valence-corrected chi connectivity index (χ0v) is 13.6. The molecule has 0 saturated carbocycles. The second-order valence-electron chi connectivity index (χ2n) is 7.10. The molecule has 0 unspecified atom stereocenters. The quantitative estimate of drug-likeness (QED) is 0.913. The van der Waals surface area contributed by atoms with Crippen LogP contribution in [0.2, 0.25) is 0 Å². The molecular formula is C17H25FN2O2. The predicted octanol–water partition coefficient (Wildman–Crippen LogP) is 3.10. The summed E-state index contributed by atoms with van der Waals surface area (Å²) in [6, 6.07) is 6.71. The van der Waals surface area contributed by atoms with E-state index in [0.717, 1.165) is 0 Å². The number of hydrogen-bond acceptors (Lipinski definition) is 3. The zero-order chi connectivity index (χ0) is 16.4. The first-order valence-electron chi connectivity index (χ1n) is 7.69. The summed E-state index contributed by atoms with van der Waals surface area (Å²) < 4.78 is 19.1. The second kappa shape index (κ2) is 6.24. The van der Waals surface area contributed by atoms with Gasteiger partial charge in [-0.05, 0) is 51.7 Å². The minimum absolute atomic E-state index is 0.220. The third kappa shape index (κ3) is 4.44. The fourth-order valence-corrected chi connectivity index (χ4v) is 2.66. The molecule has 0 bridgehead atoms. The lowest BCUT2D eigenvalue weighted by Crippen LogP contribution is -2.53. The standard InChI is InChI=1S/C17H25FN2O2/c1-16(2,3)22-15(21)20-10-8-17(19,9-11-20)12-13-6-4-5-7-14(13)18/h4-7H,8-12,19H2,1-3H3. The first-order chi connectivity index (χ1) is 10.2. The smallest absolute Gasteiger partial charge is 0.410 e. The molecule has 122 valence electrons. The number of rotatable bonds is 2. The van der Waals surface area contributed by atoms with Crippen molar-refractivity contribution in [1.29, 1.82) is 0 Å². The largest absolute Gasteiger partial charge is 0.444 e. The van der Waals surface area contributed by atoms with Crippen molar-refractivity contribution in [1.82, 2.24) is 4.90 Å². The van der Waals surface area contributed by atoms with Gasteiger partial charge in [0.25, 0.3) is 0 Å². The molecule has 1 saturated heterocycles. The van der Waals surface area contributed by atoms with Gasteiger partial charge in [0.1, 0.15) is 11.4 Å². The van der Waals surface area contributed by atoms with Crippen LogP contribution in [0.15, 0.2) is 24.3 Å². The minimum atomic E-state index is -0.499. The molecule has 2 rings (SSSR count). The van der Waals surface area contributed by atoms with Crippen LogP contribution in [-0.4, -0.2) is 35.2 Å². The van der Waals surface area contributed by atoms with Gasteiger partial charge in [0.15, 0.2) is 0 Å². The number of nitrogens with two attached hydrogens (primary N) is 1. The number of piperidine rings is 1. The molecule has 4 nitrogen and oxygen atoms in total. The summed E-state index contributed by atoms with van der Waals surface area (Å²) in [5.74, 6) is -0.220. The molecule has 1 fully saturated rings. The molecule has 1 aliphatic heterocycles. The molecular weight excluding hydrogens is 283 g/mol. The predicted molar refractivity (Wildman–Crippen MR) is 84.1 cm³/mol. The second-order valence-corrected chi connectivity index (χ2v) is 7.10. The molecule has 1 aromatic rings. The van der Waals surface area contributed by atoms with E-state index in [1.54, 1.807) is 17.0 Å². The van der Waals surface area contributed by atoms with Crippen LogP contribution in [0.25, 0.3) is 0 Å². The van der Waals surface area contributed by atoms with Crippen LogP contribution in [0.1, 0.15) is 39.2 Å². The minimum Gasteiger partial charge on any atom is -0.444 e. The maximum atomic E-state index is 13.8. The van der Waals surface area contributed by atoms with Crippen LogP contribution in [0.3, 0.4) is 0 Å². The Balaban J connectivity index is 1.93. The van der Waals surface area contributed by atoms with Crippen LogP contribution in [0, 0.1) is 5.82 Å². The van der Waals surface area contributed by atoms with E-state index in [9.17, 15) is 9.18 Å². The van der Waals surface area contributed by atoms with Crippen molar-refractivity contribution in [2.45, 2.75) is 51.2 Å². The average molecular weight is 308 g/mol. The van der Waals surface area contributed by atoms with Gasteiger partial charge < -0.3 is 15.4 Å². The lowest BCUT2D eigenvalue weighted by atomic mass is 9.83. The Morgan fingerprint density at radius 2 is 1.91 bits per heavy atom. The van der Waals surface area contributed by atoms with Gasteiger partial charge in [0.2, 0.25) is 0 Å². The van der Waals surface area contributed by atoms with Crippen molar-refractivity contribution in [2.24, 2.45) is 5.73 Å². The molecule has 5 heteroatoms. The van der Waals surface area contributed by atoms with E-state index < -0.39 is 11.1 Å². The van der Waals surface area contributed by atoms with Gasteiger partial charge in [-0.2, -0.15) is 0 Å². The molecule has 1 heterocycles. The van der Waals surface area contributed by atoms with E-state index in [-0.39, 0.29) is 11.9 Å². The van der Waals surface area contributed by atoms with Crippen LogP contribution in [-0.2, 0) is 11.2 Å². The number of benzene rings is 1. The number of halogens is 1. The Morgan fingerprint density at radius 3 is 2.45 bits per heavy atom. The van der Waals surface area contributed by atoms with Crippen LogP contribution >= 0.6 is 0 Å². The molecule has 1 amide bonds. The van der Waals surface area contributed by atoms with E-state index >= 15 is 0 Å². The third-order valence-electron chi connectivity index (χ3n) is 3.91. The highest BCUT2D eigenvalue weighted by molar-refractivity contribution is 5.68. The van der Waals surface area contributed by atoms with Gasteiger partial charge in [-0.1, -0.05) is 18.2 Å². The van der Waals surface area contributed by atoms with Crippen molar-refractivity contribution in [3.8, 4) is 0 Å². The van der Waals surface area contributed by atoms with E-state index in [0.29, 0.717) is 37.9 Å². The first-order valence-corrected chi connectivity index (χ1v) is 7.69. The maximum Gasteiger partial charge on any atom is 0.410 e. The van der Waals surface area contributed by atoms with Gasteiger partial charge >= 0.3 is 6.09 Å². The normalized spacial score (nSPS) is 18.1. The maximum absolute atomic E-state index is 13.8. The molecule has 0 spiro atoms. The number of ether oxygens (including phenoxy) is 1. The van der Waals surface area contributed by atoms with Gasteiger partial charge in [-0.3, -0.25) is 0 Å². The van der Waals surface area contributed by atoms with Gasteiger partial charge in [0.05, 0.1) is 0 Å². The monoisotopic (exact) mass is 308 g/mol. The molecule has 0 atom stereocenters. The summed E-state index contributed by atoms with van der Waals surface area (Å²) in [5.41, 5.74) is 6.07.